The van der Waals surface area contributed by atoms with Crippen LogP contribution in [-0.2, 0) is 6.54 Å². The summed E-state index contributed by atoms with van der Waals surface area (Å²) in [6.07, 6.45) is 1.78. The molecule has 11 heavy (non-hydrogen) atoms. The van der Waals surface area contributed by atoms with Crippen molar-refractivity contribution in [3.8, 4) is 0 Å². The van der Waals surface area contributed by atoms with Crippen LogP contribution in [0.15, 0.2) is 29.2 Å². The van der Waals surface area contributed by atoms with E-state index in [1.807, 2.05) is 26.8 Å². The standard InChI is InChI=1S/C7H9NO.C2H6/c1-2-8-6-4-3-5-7(8)9;1-2/h3-6H,2H2,1H3;1-2H3. The van der Waals surface area contributed by atoms with Gasteiger partial charge in [0, 0.05) is 18.8 Å². The number of nitrogens with zero attached hydrogens (tertiary/aromatic N) is 1. The third-order valence-corrected chi connectivity index (χ3v) is 1.24. The van der Waals surface area contributed by atoms with E-state index in [1.54, 1.807) is 22.9 Å². The molecule has 0 saturated carbocycles. The smallest absolute Gasteiger partial charge is 0.250 e. The van der Waals surface area contributed by atoms with Crippen LogP contribution in [0.5, 0.6) is 0 Å². The molecule has 1 aromatic heterocycles. The van der Waals surface area contributed by atoms with Crippen LogP contribution in [0.1, 0.15) is 20.8 Å². The number of aromatic nitrogens is 1. The summed E-state index contributed by atoms with van der Waals surface area (Å²) in [5.74, 6) is 0. The monoisotopic (exact) mass is 153 g/mol. The summed E-state index contributed by atoms with van der Waals surface area (Å²) < 4.78 is 1.65. The summed E-state index contributed by atoms with van der Waals surface area (Å²) in [4.78, 5) is 10.8. The molecule has 1 rings (SSSR count). The van der Waals surface area contributed by atoms with Crippen molar-refractivity contribution in [2.75, 3.05) is 0 Å². The van der Waals surface area contributed by atoms with Crippen molar-refractivity contribution < 1.29 is 0 Å². The van der Waals surface area contributed by atoms with Crippen LogP contribution < -0.4 is 5.56 Å². The van der Waals surface area contributed by atoms with E-state index >= 15 is 0 Å². The molecule has 62 valence electrons. The Bertz CT molecular complexity index is 239. The molecule has 0 N–H and O–H groups in total. The summed E-state index contributed by atoms with van der Waals surface area (Å²) in [7, 11) is 0. The van der Waals surface area contributed by atoms with Crippen LogP contribution in [0.3, 0.4) is 0 Å². The average molecular weight is 153 g/mol. The van der Waals surface area contributed by atoms with E-state index in [9.17, 15) is 4.79 Å². The normalized spacial score (nSPS) is 8.27. The van der Waals surface area contributed by atoms with E-state index in [-0.39, 0.29) is 5.56 Å². The van der Waals surface area contributed by atoms with E-state index < -0.39 is 0 Å². The second kappa shape index (κ2) is 5.71. The molecule has 0 aliphatic heterocycles. The quantitative estimate of drug-likeness (QED) is 0.604. The molecule has 0 saturated heterocycles. The number of rotatable bonds is 1. The zero-order valence-electron chi connectivity index (χ0n) is 7.37. The van der Waals surface area contributed by atoms with Crippen LogP contribution in [0, 0.1) is 0 Å². The summed E-state index contributed by atoms with van der Waals surface area (Å²) >= 11 is 0. The van der Waals surface area contributed by atoms with Gasteiger partial charge in [-0.15, -0.1) is 0 Å². The Hall–Kier alpha value is -1.05. The Balaban J connectivity index is 0.000000461. The zero-order chi connectivity index (χ0) is 8.69. The van der Waals surface area contributed by atoms with Crippen LogP contribution >= 0.6 is 0 Å². The highest BCUT2D eigenvalue weighted by Crippen LogP contribution is 1.78. The van der Waals surface area contributed by atoms with Gasteiger partial charge >= 0.3 is 0 Å². The summed E-state index contributed by atoms with van der Waals surface area (Å²) in [5, 5.41) is 0. The molecule has 0 atom stereocenters. The highest BCUT2D eigenvalue weighted by Gasteiger charge is 1.84. The molecular weight excluding hydrogens is 138 g/mol. The van der Waals surface area contributed by atoms with Gasteiger partial charge in [-0.1, -0.05) is 19.9 Å². The topological polar surface area (TPSA) is 22.0 Å². The van der Waals surface area contributed by atoms with E-state index in [1.165, 1.54) is 0 Å². The molecule has 2 nitrogen and oxygen atoms in total. The largest absolute Gasteiger partial charge is 0.316 e. The Morgan fingerprint density at radius 1 is 1.36 bits per heavy atom. The molecule has 2 heteroatoms. The van der Waals surface area contributed by atoms with Crippen LogP contribution in [0.2, 0.25) is 0 Å². The maximum absolute atomic E-state index is 10.8. The Labute approximate surface area is 67.5 Å². The minimum Gasteiger partial charge on any atom is -0.316 e. The van der Waals surface area contributed by atoms with Crippen molar-refractivity contribution >= 4 is 0 Å². The third kappa shape index (κ3) is 3.03. The van der Waals surface area contributed by atoms with Crippen molar-refractivity contribution in [1.29, 1.82) is 0 Å². The minimum absolute atomic E-state index is 0.0694. The second-order valence-corrected chi connectivity index (χ2v) is 1.82. The minimum atomic E-state index is 0.0694. The van der Waals surface area contributed by atoms with E-state index in [0.29, 0.717) is 0 Å². The first-order valence-electron chi connectivity index (χ1n) is 4.00. The first-order valence-corrected chi connectivity index (χ1v) is 4.00. The van der Waals surface area contributed by atoms with Gasteiger partial charge in [0.15, 0.2) is 0 Å². The summed E-state index contributed by atoms with van der Waals surface area (Å²) in [6, 6.07) is 5.16. The maximum Gasteiger partial charge on any atom is 0.250 e. The van der Waals surface area contributed by atoms with Gasteiger partial charge in [0.05, 0.1) is 0 Å². The van der Waals surface area contributed by atoms with E-state index in [0.717, 1.165) is 6.54 Å². The molecular formula is C9H15NO. The number of hydrogen-bond donors (Lipinski definition) is 0. The van der Waals surface area contributed by atoms with Crippen molar-refractivity contribution in [1.82, 2.24) is 4.57 Å². The van der Waals surface area contributed by atoms with Gasteiger partial charge in [-0.3, -0.25) is 4.79 Å². The third-order valence-electron chi connectivity index (χ3n) is 1.24. The van der Waals surface area contributed by atoms with E-state index in [2.05, 4.69) is 0 Å². The lowest BCUT2D eigenvalue weighted by Gasteiger charge is -1.96. The fraction of sp³-hybridized carbons (Fsp3) is 0.444. The number of hydrogen-bond acceptors (Lipinski definition) is 1. The van der Waals surface area contributed by atoms with Gasteiger partial charge in [-0.25, -0.2) is 0 Å². The molecule has 0 unspecified atom stereocenters. The molecule has 1 aromatic rings. The van der Waals surface area contributed by atoms with Crippen LogP contribution in [0.25, 0.3) is 0 Å². The highest BCUT2D eigenvalue weighted by atomic mass is 16.1. The molecule has 0 spiro atoms. The van der Waals surface area contributed by atoms with Gasteiger partial charge in [0.2, 0.25) is 5.56 Å². The molecule has 0 fully saturated rings. The Kier molecular flexibility index (Phi) is 5.17. The fourth-order valence-corrected chi connectivity index (χ4v) is 0.722. The average Bonchev–Trinajstić information content (AvgIpc) is 2.09. The number of pyridine rings is 1. The lowest BCUT2D eigenvalue weighted by atomic mass is 10.5. The molecule has 0 amide bonds. The van der Waals surface area contributed by atoms with Crippen LogP contribution in [-0.4, -0.2) is 4.57 Å². The summed E-state index contributed by atoms with van der Waals surface area (Å²) in [5.41, 5.74) is 0.0694. The Morgan fingerprint density at radius 3 is 2.36 bits per heavy atom. The van der Waals surface area contributed by atoms with E-state index in [4.69, 9.17) is 0 Å². The SMILES string of the molecule is CC.CCn1ccccc1=O. The predicted octanol–water partition coefficient (Wildman–Crippen LogP) is 1.89. The first kappa shape index (κ1) is 9.95. The molecule has 0 aliphatic rings. The van der Waals surface area contributed by atoms with Gasteiger partial charge in [0.1, 0.15) is 0 Å². The molecule has 0 aliphatic carbocycles. The Morgan fingerprint density at radius 2 is 2.00 bits per heavy atom. The lowest BCUT2D eigenvalue weighted by Crippen LogP contribution is -2.15. The molecule has 1 heterocycles. The highest BCUT2D eigenvalue weighted by molar-refractivity contribution is 4.92. The lowest BCUT2D eigenvalue weighted by molar-refractivity contribution is 0.727. The summed E-state index contributed by atoms with van der Waals surface area (Å²) in [6.45, 7) is 6.70. The van der Waals surface area contributed by atoms with Crippen molar-refractivity contribution in [2.45, 2.75) is 27.3 Å². The van der Waals surface area contributed by atoms with Gasteiger partial charge in [-0.05, 0) is 13.0 Å². The zero-order valence-corrected chi connectivity index (χ0v) is 7.37. The number of aryl methyl sites for hydroxylation is 1. The van der Waals surface area contributed by atoms with Gasteiger partial charge < -0.3 is 4.57 Å². The molecule has 0 bridgehead atoms. The molecule has 0 radical (unpaired) electrons. The van der Waals surface area contributed by atoms with Crippen molar-refractivity contribution in [3.05, 3.63) is 34.7 Å². The van der Waals surface area contributed by atoms with Crippen molar-refractivity contribution in [2.24, 2.45) is 0 Å². The van der Waals surface area contributed by atoms with Crippen molar-refractivity contribution in [3.63, 3.8) is 0 Å². The molecule has 0 aromatic carbocycles. The second-order valence-electron chi connectivity index (χ2n) is 1.82. The fourth-order valence-electron chi connectivity index (χ4n) is 0.722. The first-order chi connectivity index (χ1) is 5.34. The van der Waals surface area contributed by atoms with Crippen LogP contribution in [0.4, 0.5) is 0 Å². The van der Waals surface area contributed by atoms with Gasteiger partial charge in [-0.2, -0.15) is 0 Å². The predicted molar refractivity (Wildman–Crippen MR) is 47.7 cm³/mol. The maximum atomic E-state index is 10.8. The van der Waals surface area contributed by atoms with Gasteiger partial charge in [0.25, 0.3) is 0 Å².